The zero-order chi connectivity index (χ0) is 23.2. The number of benzene rings is 1. The Balaban J connectivity index is 2.01. The van der Waals surface area contributed by atoms with Crippen molar-refractivity contribution < 1.29 is 33.5 Å². The van der Waals surface area contributed by atoms with Crippen LogP contribution in [0.4, 0.5) is 8.78 Å². The van der Waals surface area contributed by atoms with Crippen LogP contribution in [0.1, 0.15) is 42.6 Å². The van der Waals surface area contributed by atoms with Crippen molar-refractivity contribution in [1.82, 2.24) is 10.8 Å². The first-order valence-electron chi connectivity index (χ1n) is 9.42. The average molecular weight is 432 g/mol. The first-order chi connectivity index (χ1) is 14.6. The van der Waals surface area contributed by atoms with E-state index < -0.39 is 29.9 Å². The Kier molecular flexibility index (Phi) is 7.87. The molecule has 164 valence electrons. The second-order valence-corrected chi connectivity index (χ2v) is 7.51. The minimum atomic E-state index is -3.36. The Morgan fingerprint density at radius 3 is 2.42 bits per heavy atom. The van der Waals surface area contributed by atoms with Crippen molar-refractivity contribution in [3.63, 3.8) is 0 Å². The fourth-order valence-electron chi connectivity index (χ4n) is 2.84. The molecule has 1 saturated carbocycles. The molecular weight excluding hydrogens is 410 g/mol. The van der Waals surface area contributed by atoms with Gasteiger partial charge < -0.3 is 15.2 Å². The molecule has 0 aliphatic heterocycles. The molecular formula is C22H22F2N2O5. The number of alkyl halides is 2. The fourth-order valence-corrected chi connectivity index (χ4v) is 2.84. The van der Waals surface area contributed by atoms with Crippen molar-refractivity contribution >= 4 is 17.6 Å². The lowest BCUT2D eigenvalue weighted by Crippen LogP contribution is -2.61. The molecule has 1 aromatic carbocycles. The van der Waals surface area contributed by atoms with Crippen LogP contribution < -0.4 is 10.8 Å². The lowest BCUT2D eigenvalue weighted by atomic mass is 9.95. The quantitative estimate of drug-likeness (QED) is 0.294. The molecule has 7 nitrogen and oxygen atoms in total. The molecule has 2 amide bonds. The molecule has 0 heterocycles. The number of aliphatic hydroxyl groups is 1. The molecule has 1 aliphatic carbocycles. The molecule has 0 saturated heterocycles. The van der Waals surface area contributed by atoms with Crippen molar-refractivity contribution in [3.8, 4) is 23.7 Å². The second-order valence-electron chi connectivity index (χ2n) is 7.51. The highest BCUT2D eigenvalue weighted by Crippen LogP contribution is 2.40. The minimum absolute atomic E-state index is 0.0301. The second kappa shape index (κ2) is 10.2. The van der Waals surface area contributed by atoms with Crippen LogP contribution in [0.25, 0.3) is 0 Å². The molecule has 1 fully saturated rings. The Labute approximate surface area is 178 Å². The maximum absolute atomic E-state index is 13.0. The zero-order valence-corrected chi connectivity index (χ0v) is 16.9. The van der Waals surface area contributed by atoms with Crippen LogP contribution in [0.5, 0.6) is 0 Å². The Bertz CT molecular complexity index is 968. The molecule has 0 bridgehead atoms. The third-order valence-corrected chi connectivity index (χ3v) is 4.82. The summed E-state index contributed by atoms with van der Waals surface area (Å²) < 4.78 is 26.1. The summed E-state index contributed by atoms with van der Waals surface area (Å²) in [6, 6.07) is 3.65. The summed E-state index contributed by atoms with van der Waals surface area (Å²) in [5.41, 5.74) is -1.18. The highest BCUT2D eigenvalue weighted by atomic mass is 19.3. The predicted molar refractivity (Wildman–Crippen MR) is 106 cm³/mol. The number of rotatable bonds is 7. The van der Waals surface area contributed by atoms with Crippen molar-refractivity contribution in [1.29, 1.82) is 0 Å². The Hall–Kier alpha value is -3.27. The van der Waals surface area contributed by atoms with Crippen LogP contribution in [0.15, 0.2) is 24.3 Å². The Morgan fingerprint density at radius 2 is 1.87 bits per heavy atom. The summed E-state index contributed by atoms with van der Waals surface area (Å²) in [5.74, 6) is 9.57. The maximum atomic E-state index is 13.0. The van der Waals surface area contributed by atoms with Gasteiger partial charge in [-0.3, -0.25) is 14.8 Å². The number of amides is 2. The minimum Gasteiger partial charge on any atom is -0.381 e. The van der Waals surface area contributed by atoms with Gasteiger partial charge in [0.25, 0.3) is 18.2 Å². The first-order valence-corrected chi connectivity index (χ1v) is 9.42. The molecule has 31 heavy (non-hydrogen) atoms. The van der Waals surface area contributed by atoms with Crippen molar-refractivity contribution in [2.75, 3.05) is 0 Å². The SMILES string of the molecule is CC(=O)CC1CC1C#CC#Cc1ccc(C(=O)NC(C(=O)NO)[C@](C)(O)C(F)F)cc1. The van der Waals surface area contributed by atoms with E-state index in [0.29, 0.717) is 24.8 Å². The van der Waals surface area contributed by atoms with Gasteiger partial charge in [0, 0.05) is 23.5 Å². The fraction of sp³-hybridized carbons (Fsp3) is 0.409. The Morgan fingerprint density at radius 1 is 1.23 bits per heavy atom. The van der Waals surface area contributed by atoms with E-state index in [1.807, 2.05) is 5.32 Å². The van der Waals surface area contributed by atoms with Gasteiger partial charge in [0.15, 0.2) is 5.60 Å². The van der Waals surface area contributed by atoms with E-state index in [0.717, 1.165) is 11.9 Å². The van der Waals surface area contributed by atoms with E-state index in [1.54, 1.807) is 6.92 Å². The number of hydrogen-bond acceptors (Lipinski definition) is 5. The van der Waals surface area contributed by atoms with Gasteiger partial charge in [0.1, 0.15) is 11.8 Å². The molecule has 0 aromatic heterocycles. The number of nitrogens with one attached hydrogen (secondary N) is 2. The van der Waals surface area contributed by atoms with E-state index in [1.165, 1.54) is 24.3 Å². The van der Waals surface area contributed by atoms with Gasteiger partial charge in [-0.25, -0.2) is 14.3 Å². The summed E-state index contributed by atoms with van der Waals surface area (Å²) in [6.45, 7) is 2.22. The number of Topliss-reactive ketones (excluding diaryl/α,β-unsaturated/α-hetero) is 1. The average Bonchev–Trinajstić information content (AvgIpc) is 3.45. The van der Waals surface area contributed by atoms with E-state index in [4.69, 9.17) is 5.21 Å². The van der Waals surface area contributed by atoms with Gasteiger partial charge in [0.2, 0.25) is 0 Å². The molecule has 3 unspecified atom stereocenters. The summed E-state index contributed by atoms with van der Waals surface area (Å²) >= 11 is 0. The molecule has 1 aromatic rings. The lowest BCUT2D eigenvalue weighted by molar-refractivity contribution is -0.149. The van der Waals surface area contributed by atoms with Crippen LogP contribution in [0.2, 0.25) is 0 Å². The number of carbonyl (C=O) groups excluding carboxylic acids is 3. The highest BCUT2D eigenvalue weighted by molar-refractivity contribution is 5.97. The molecule has 4 N–H and O–H groups in total. The first kappa shape index (κ1) is 24.0. The summed E-state index contributed by atoms with van der Waals surface area (Å²) in [4.78, 5) is 35.0. The van der Waals surface area contributed by atoms with E-state index in [9.17, 15) is 28.3 Å². The van der Waals surface area contributed by atoms with Gasteiger partial charge in [-0.2, -0.15) is 0 Å². The maximum Gasteiger partial charge on any atom is 0.269 e. The van der Waals surface area contributed by atoms with Crippen LogP contribution in [0, 0.1) is 35.5 Å². The third kappa shape index (κ3) is 6.61. The summed E-state index contributed by atoms with van der Waals surface area (Å²) in [5, 5.41) is 20.5. The predicted octanol–water partition coefficient (Wildman–Crippen LogP) is 1.28. The summed E-state index contributed by atoms with van der Waals surface area (Å²) in [6.07, 6.45) is -1.93. The van der Waals surface area contributed by atoms with Gasteiger partial charge in [0.05, 0.1) is 0 Å². The molecule has 9 heteroatoms. The normalized spacial score (nSPS) is 19.6. The van der Waals surface area contributed by atoms with E-state index >= 15 is 0 Å². The number of carbonyl (C=O) groups is 3. The lowest BCUT2D eigenvalue weighted by Gasteiger charge is -2.30. The summed E-state index contributed by atoms with van der Waals surface area (Å²) in [7, 11) is 0. The monoisotopic (exact) mass is 432 g/mol. The zero-order valence-electron chi connectivity index (χ0n) is 16.9. The number of hydrogen-bond donors (Lipinski definition) is 4. The number of halogens is 2. The molecule has 1 aliphatic rings. The van der Waals surface area contributed by atoms with Crippen LogP contribution in [-0.2, 0) is 9.59 Å². The third-order valence-electron chi connectivity index (χ3n) is 4.82. The molecule has 0 radical (unpaired) electrons. The van der Waals surface area contributed by atoms with Crippen LogP contribution >= 0.6 is 0 Å². The van der Waals surface area contributed by atoms with Gasteiger partial charge >= 0.3 is 0 Å². The van der Waals surface area contributed by atoms with Crippen molar-refractivity contribution in [2.24, 2.45) is 11.8 Å². The van der Waals surface area contributed by atoms with Crippen molar-refractivity contribution in [2.45, 2.75) is 44.8 Å². The number of hydroxylamine groups is 1. The molecule has 0 spiro atoms. The van der Waals surface area contributed by atoms with Crippen LogP contribution in [0.3, 0.4) is 0 Å². The topological polar surface area (TPSA) is 116 Å². The van der Waals surface area contributed by atoms with Crippen molar-refractivity contribution in [3.05, 3.63) is 35.4 Å². The van der Waals surface area contributed by atoms with E-state index in [2.05, 4.69) is 23.7 Å². The van der Waals surface area contributed by atoms with Gasteiger partial charge in [-0.05, 0) is 62.3 Å². The smallest absolute Gasteiger partial charge is 0.269 e. The van der Waals surface area contributed by atoms with Gasteiger partial charge in [-0.1, -0.05) is 11.8 Å². The van der Waals surface area contributed by atoms with Crippen LogP contribution in [-0.4, -0.2) is 46.0 Å². The standard InChI is InChI=1S/C22H22F2N2O5/c1-13(27)11-17-12-16(17)6-4-3-5-14-7-9-15(10-8-14)19(28)25-18(20(29)26-31)22(2,30)21(23)24/h7-10,16-18,21,30-31H,11-12H2,1-2H3,(H,25,28)(H,26,29)/t16?,17?,18?,22-/m0/s1. The molecule has 4 atom stereocenters. The largest absolute Gasteiger partial charge is 0.381 e. The highest BCUT2D eigenvalue weighted by Gasteiger charge is 2.46. The van der Waals surface area contributed by atoms with Gasteiger partial charge in [-0.15, -0.1) is 0 Å². The number of ketones is 1. The molecule has 2 rings (SSSR count). The van der Waals surface area contributed by atoms with E-state index in [-0.39, 0.29) is 17.3 Å².